The van der Waals surface area contributed by atoms with Crippen LogP contribution in [0.1, 0.15) is 44.1 Å². The van der Waals surface area contributed by atoms with Crippen LogP contribution < -0.4 is 4.31 Å². The van der Waals surface area contributed by atoms with E-state index in [0.29, 0.717) is 48.2 Å². The molecule has 1 amide bonds. The Kier molecular flexibility index (Phi) is 7.93. The van der Waals surface area contributed by atoms with Gasteiger partial charge < -0.3 is 14.5 Å². The maximum absolute atomic E-state index is 13.9. The van der Waals surface area contributed by atoms with Crippen LogP contribution in [0.3, 0.4) is 0 Å². The zero-order valence-electron chi connectivity index (χ0n) is 20.8. The quantitative estimate of drug-likeness (QED) is 0.520. The largest absolute Gasteiger partial charge is 0.447 e. The molecule has 0 saturated carbocycles. The van der Waals surface area contributed by atoms with Crippen molar-refractivity contribution in [1.29, 1.82) is 0 Å². The molecule has 2 aromatic carbocycles. The van der Waals surface area contributed by atoms with E-state index in [9.17, 15) is 17.6 Å². The third-order valence-corrected chi connectivity index (χ3v) is 9.89. The molecular weight excluding hydrogens is 517 g/mol. The molecule has 0 aromatic heterocycles. The summed E-state index contributed by atoms with van der Waals surface area (Å²) in [7, 11) is -4.00. The molecule has 3 aliphatic heterocycles. The van der Waals surface area contributed by atoms with Crippen LogP contribution in [0.15, 0.2) is 47.4 Å². The fourth-order valence-electron chi connectivity index (χ4n) is 5.76. The molecule has 1 unspecified atom stereocenters. The summed E-state index contributed by atoms with van der Waals surface area (Å²) in [5.41, 5.74) is 1.02. The van der Waals surface area contributed by atoms with E-state index in [1.807, 2.05) is 0 Å². The summed E-state index contributed by atoms with van der Waals surface area (Å²) < 4.78 is 48.3. The second-order valence-electron chi connectivity index (χ2n) is 10.1. The van der Waals surface area contributed by atoms with Gasteiger partial charge in [0.2, 0.25) is 0 Å². The van der Waals surface area contributed by atoms with Crippen LogP contribution in [0.25, 0.3) is 0 Å². The number of sulfonamides is 1. The highest BCUT2D eigenvalue weighted by Crippen LogP contribution is 2.36. The van der Waals surface area contributed by atoms with Crippen LogP contribution in [0.4, 0.5) is 14.9 Å². The van der Waals surface area contributed by atoms with Crippen molar-refractivity contribution in [2.45, 2.75) is 61.9 Å². The predicted octanol–water partition coefficient (Wildman–Crippen LogP) is 5.08. The molecule has 0 spiro atoms. The van der Waals surface area contributed by atoms with E-state index in [1.165, 1.54) is 66.0 Å². The molecule has 3 heterocycles. The first-order valence-corrected chi connectivity index (χ1v) is 14.9. The van der Waals surface area contributed by atoms with Crippen LogP contribution in [-0.4, -0.2) is 69.2 Å². The van der Waals surface area contributed by atoms with E-state index < -0.39 is 28.0 Å². The first-order chi connectivity index (χ1) is 17.8. The van der Waals surface area contributed by atoms with Crippen LogP contribution in [0, 0.1) is 5.82 Å². The minimum atomic E-state index is -4.00. The smallest absolute Gasteiger partial charge is 0.409 e. The van der Waals surface area contributed by atoms with Gasteiger partial charge in [-0.15, -0.1) is 0 Å². The highest BCUT2D eigenvalue weighted by atomic mass is 35.5. The van der Waals surface area contributed by atoms with Crippen LogP contribution in [0.2, 0.25) is 5.02 Å². The first-order valence-electron chi connectivity index (χ1n) is 13.1. The number of hydrogen-bond donors (Lipinski definition) is 0. The normalized spacial score (nSPS) is 21.5. The van der Waals surface area contributed by atoms with Crippen molar-refractivity contribution < 1.29 is 22.3 Å². The maximum Gasteiger partial charge on any atom is 0.409 e. The Morgan fingerprint density at radius 1 is 0.973 bits per heavy atom. The third kappa shape index (κ3) is 5.73. The first kappa shape index (κ1) is 26.3. The molecule has 3 aliphatic rings. The molecule has 2 aromatic rings. The lowest BCUT2D eigenvalue weighted by atomic mass is 9.98. The number of piperidine rings is 2. The molecular formula is C27H33ClFN3O4S. The van der Waals surface area contributed by atoms with E-state index >= 15 is 0 Å². The van der Waals surface area contributed by atoms with E-state index in [-0.39, 0.29) is 11.5 Å². The van der Waals surface area contributed by atoms with Gasteiger partial charge in [0.05, 0.1) is 16.6 Å². The molecule has 2 fully saturated rings. The van der Waals surface area contributed by atoms with Crippen molar-refractivity contribution in [2.24, 2.45) is 0 Å². The Bertz CT molecular complexity index is 1210. The molecule has 0 bridgehead atoms. The molecule has 2 saturated heterocycles. The molecule has 37 heavy (non-hydrogen) atoms. The number of ether oxygens (including phenoxy) is 1. The lowest BCUT2D eigenvalue weighted by Gasteiger charge is -2.40. The van der Waals surface area contributed by atoms with Crippen molar-refractivity contribution in [3.8, 4) is 0 Å². The van der Waals surface area contributed by atoms with Gasteiger partial charge in [0.25, 0.3) is 10.0 Å². The minimum absolute atomic E-state index is 0.0742. The number of benzene rings is 2. The van der Waals surface area contributed by atoms with Crippen molar-refractivity contribution in [3.05, 3.63) is 58.9 Å². The number of carbonyl (C=O) groups is 1. The SMILES string of the molecule is O=C(OCC1CCc2cc(F)ccc2N1S(=O)(=O)c1ccc(Cl)cc1)N1CCC(N2CCCCC2)CC1. The van der Waals surface area contributed by atoms with E-state index in [4.69, 9.17) is 16.3 Å². The second-order valence-corrected chi connectivity index (χ2v) is 12.4. The third-order valence-electron chi connectivity index (χ3n) is 7.76. The van der Waals surface area contributed by atoms with Crippen LogP contribution >= 0.6 is 11.6 Å². The number of amides is 1. The van der Waals surface area contributed by atoms with Crippen molar-refractivity contribution in [1.82, 2.24) is 9.80 Å². The van der Waals surface area contributed by atoms with Gasteiger partial charge in [0.15, 0.2) is 0 Å². The number of aryl methyl sites for hydroxylation is 1. The summed E-state index contributed by atoms with van der Waals surface area (Å²) >= 11 is 5.97. The second kappa shape index (κ2) is 11.2. The van der Waals surface area contributed by atoms with Crippen LogP contribution in [-0.2, 0) is 21.2 Å². The average Bonchev–Trinajstić information content (AvgIpc) is 2.92. The number of nitrogens with zero attached hydrogens (tertiary/aromatic N) is 3. The van der Waals surface area contributed by atoms with Gasteiger partial charge in [-0.3, -0.25) is 4.31 Å². The van der Waals surface area contributed by atoms with Gasteiger partial charge in [-0.1, -0.05) is 18.0 Å². The number of fused-ring (bicyclic) bond motifs is 1. The maximum atomic E-state index is 13.9. The number of anilines is 1. The standard InChI is InChI=1S/C27H33ClFN3O4S/c28-21-5-9-25(10-6-21)37(34,35)32-24(8-4-20-18-22(29)7-11-26(20)32)19-36-27(33)31-16-12-23(13-17-31)30-14-2-1-3-15-30/h5-7,9-11,18,23-24H,1-4,8,12-17,19H2. The highest BCUT2D eigenvalue weighted by molar-refractivity contribution is 7.92. The Balaban J connectivity index is 1.28. The Morgan fingerprint density at radius 2 is 1.68 bits per heavy atom. The highest BCUT2D eigenvalue weighted by Gasteiger charge is 2.37. The van der Waals surface area contributed by atoms with Crippen molar-refractivity contribution >= 4 is 33.4 Å². The zero-order valence-corrected chi connectivity index (χ0v) is 22.4. The van der Waals surface area contributed by atoms with Gasteiger partial charge in [-0.05, 0) is 99.6 Å². The summed E-state index contributed by atoms with van der Waals surface area (Å²) in [6, 6.07) is 9.96. The monoisotopic (exact) mass is 549 g/mol. The van der Waals surface area contributed by atoms with Gasteiger partial charge in [0, 0.05) is 24.2 Å². The summed E-state index contributed by atoms with van der Waals surface area (Å²) in [5.74, 6) is -0.416. The summed E-state index contributed by atoms with van der Waals surface area (Å²) in [6.07, 6.45) is 6.13. The van der Waals surface area contributed by atoms with Crippen LogP contribution in [0.5, 0.6) is 0 Å². The number of rotatable bonds is 5. The molecule has 10 heteroatoms. The predicted molar refractivity (Wildman–Crippen MR) is 141 cm³/mol. The molecule has 7 nitrogen and oxygen atoms in total. The molecule has 0 aliphatic carbocycles. The van der Waals surface area contributed by atoms with E-state index in [2.05, 4.69) is 4.90 Å². The molecule has 200 valence electrons. The van der Waals surface area contributed by atoms with Gasteiger partial charge in [-0.25, -0.2) is 17.6 Å². The molecule has 1 atom stereocenters. The van der Waals surface area contributed by atoms with Gasteiger partial charge in [0.1, 0.15) is 12.4 Å². The molecule has 0 radical (unpaired) electrons. The Labute approximate surface area is 223 Å². The lowest BCUT2D eigenvalue weighted by molar-refractivity contribution is 0.0631. The summed E-state index contributed by atoms with van der Waals surface area (Å²) in [6.45, 7) is 3.48. The number of hydrogen-bond acceptors (Lipinski definition) is 5. The Hall–Kier alpha value is -2.36. The lowest BCUT2D eigenvalue weighted by Crippen LogP contribution is -2.50. The number of carbonyl (C=O) groups excluding carboxylic acids is 1. The van der Waals surface area contributed by atoms with E-state index in [0.717, 1.165) is 25.9 Å². The fourth-order valence-corrected chi connectivity index (χ4v) is 7.59. The minimum Gasteiger partial charge on any atom is -0.447 e. The average molecular weight is 550 g/mol. The Morgan fingerprint density at radius 3 is 2.38 bits per heavy atom. The summed E-state index contributed by atoms with van der Waals surface area (Å²) in [4.78, 5) is 17.3. The van der Waals surface area contributed by atoms with E-state index in [1.54, 1.807) is 4.90 Å². The van der Waals surface area contributed by atoms with Gasteiger partial charge in [-0.2, -0.15) is 0 Å². The van der Waals surface area contributed by atoms with Crippen molar-refractivity contribution in [3.63, 3.8) is 0 Å². The number of likely N-dealkylation sites (tertiary alicyclic amines) is 2. The fraction of sp³-hybridized carbons (Fsp3) is 0.519. The zero-order chi connectivity index (χ0) is 26.0. The molecule has 5 rings (SSSR count). The topological polar surface area (TPSA) is 70.2 Å². The van der Waals surface area contributed by atoms with Gasteiger partial charge >= 0.3 is 6.09 Å². The number of halogens is 2. The summed E-state index contributed by atoms with van der Waals surface area (Å²) in [5, 5.41) is 0.426. The van der Waals surface area contributed by atoms with Crippen molar-refractivity contribution in [2.75, 3.05) is 37.1 Å². The molecule has 0 N–H and O–H groups in total.